The molecule has 0 aromatic carbocycles. The summed E-state index contributed by atoms with van der Waals surface area (Å²) >= 11 is 6.91. The molecule has 14 heavy (non-hydrogen) atoms. The van der Waals surface area contributed by atoms with Gasteiger partial charge in [0.25, 0.3) is 0 Å². The minimum absolute atomic E-state index is 0.573. The van der Waals surface area contributed by atoms with Gasteiger partial charge in [0.1, 0.15) is 0 Å². The third-order valence-electron chi connectivity index (χ3n) is 2.20. The van der Waals surface area contributed by atoms with Gasteiger partial charge >= 0.3 is 0 Å². The summed E-state index contributed by atoms with van der Waals surface area (Å²) in [7, 11) is 0. The molecule has 0 bridgehead atoms. The van der Waals surface area contributed by atoms with Crippen molar-refractivity contribution < 1.29 is 0 Å². The van der Waals surface area contributed by atoms with Gasteiger partial charge in [-0.3, -0.25) is 0 Å². The fourth-order valence-electron chi connectivity index (χ4n) is 0.784. The Hall–Kier alpha value is 0.180. The average Bonchev–Trinajstić information content (AvgIpc) is 2.11. The van der Waals surface area contributed by atoms with Crippen molar-refractivity contribution in [2.24, 2.45) is 5.92 Å². The van der Waals surface area contributed by atoms with E-state index in [1.165, 1.54) is 5.57 Å². The van der Waals surface area contributed by atoms with Crippen LogP contribution in [-0.2, 0) is 0 Å². The van der Waals surface area contributed by atoms with E-state index in [1.54, 1.807) is 0 Å². The smallest absolute Gasteiger partial charge is 0.0146 e. The van der Waals surface area contributed by atoms with E-state index in [-0.39, 0.29) is 0 Å². The first-order chi connectivity index (χ1) is 6.45. The fraction of sp³-hybridized carbons (Fsp3) is 0.500. The molecule has 2 unspecified atom stereocenters. The van der Waals surface area contributed by atoms with Gasteiger partial charge in [0.05, 0.1) is 0 Å². The number of alkyl halides is 1. The van der Waals surface area contributed by atoms with Crippen LogP contribution < -0.4 is 0 Å². The van der Waals surface area contributed by atoms with Crippen molar-refractivity contribution in [1.29, 1.82) is 0 Å². The summed E-state index contributed by atoms with van der Waals surface area (Å²) in [5, 5.41) is 0. The lowest BCUT2D eigenvalue weighted by atomic mass is 10.0. The molecule has 0 aliphatic heterocycles. The normalized spacial score (nSPS) is 17.1. The summed E-state index contributed by atoms with van der Waals surface area (Å²) in [5.74, 6) is 0.673. The zero-order chi connectivity index (χ0) is 11.1. The number of allylic oxidation sites excluding steroid dienone is 5. The van der Waals surface area contributed by atoms with E-state index in [0.29, 0.717) is 10.7 Å². The lowest BCUT2D eigenvalue weighted by Gasteiger charge is -2.10. The molecular weight excluding hydrogens is 304 g/mol. The highest BCUT2D eigenvalue weighted by atomic mass is 79.9. The molecule has 0 rings (SSSR count). The first-order valence-electron chi connectivity index (χ1n) is 4.77. The molecule has 2 heteroatoms. The largest absolute Gasteiger partial charge is 0.0891 e. The van der Waals surface area contributed by atoms with Crippen LogP contribution in [0.1, 0.15) is 27.2 Å². The standard InChI is InChI=1S/C12H18Br2/c1-9(11(3)13)7-5-6-8-10(2)12(4)14/h5-7,10,12H,3,8H2,1-2,4H3. The third-order valence-corrected chi connectivity index (χ3v) is 3.73. The van der Waals surface area contributed by atoms with Gasteiger partial charge in [-0.25, -0.2) is 0 Å². The summed E-state index contributed by atoms with van der Waals surface area (Å²) in [6, 6.07) is 0. The molecule has 0 N–H and O–H groups in total. The van der Waals surface area contributed by atoms with E-state index in [4.69, 9.17) is 0 Å². The lowest BCUT2D eigenvalue weighted by molar-refractivity contribution is 0.594. The van der Waals surface area contributed by atoms with Crippen LogP contribution >= 0.6 is 31.9 Å². The first kappa shape index (κ1) is 14.2. The second-order valence-electron chi connectivity index (χ2n) is 3.57. The number of hydrogen-bond acceptors (Lipinski definition) is 0. The van der Waals surface area contributed by atoms with Gasteiger partial charge < -0.3 is 0 Å². The Morgan fingerprint density at radius 3 is 2.43 bits per heavy atom. The van der Waals surface area contributed by atoms with Crippen molar-refractivity contribution in [3.05, 3.63) is 34.9 Å². The Balaban J connectivity index is 3.96. The van der Waals surface area contributed by atoms with Crippen LogP contribution in [0.25, 0.3) is 0 Å². The highest BCUT2D eigenvalue weighted by Gasteiger charge is 2.04. The molecular formula is C12H18Br2. The fourth-order valence-corrected chi connectivity index (χ4v) is 1.13. The summed E-state index contributed by atoms with van der Waals surface area (Å²) in [5.41, 5.74) is 1.17. The minimum Gasteiger partial charge on any atom is -0.0891 e. The van der Waals surface area contributed by atoms with Gasteiger partial charge in [-0.05, 0) is 24.8 Å². The second-order valence-corrected chi connectivity index (χ2v) is 5.97. The van der Waals surface area contributed by atoms with Crippen molar-refractivity contribution in [1.82, 2.24) is 0 Å². The summed E-state index contributed by atoms with van der Waals surface area (Å²) in [4.78, 5) is 0.573. The Morgan fingerprint density at radius 1 is 1.43 bits per heavy atom. The molecule has 2 atom stereocenters. The van der Waals surface area contributed by atoms with Crippen molar-refractivity contribution >= 4 is 31.9 Å². The molecule has 0 nitrogen and oxygen atoms in total. The molecule has 0 aromatic rings. The van der Waals surface area contributed by atoms with Gasteiger partial charge in [-0.15, -0.1) is 0 Å². The molecule has 0 aliphatic rings. The van der Waals surface area contributed by atoms with Crippen molar-refractivity contribution in [2.75, 3.05) is 0 Å². The van der Waals surface area contributed by atoms with Gasteiger partial charge in [0.2, 0.25) is 0 Å². The highest BCUT2D eigenvalue weighted by Crippen LogP contribution is 2.16. The van der Waals surface area contributed by atoms with Gasteiger partial charge in [-0.1, -0.05) is 70.5 Å². The van der Waals surface area contributed by atoms with E-state index in [2.05, 4.69) is 70.5 Å². The topological polar surface area (TPSA) is 0 Å². The first-order valence-corrected chi connectivity index (χ1v) is 6.48. The average molecular weight is 322 g/mol. The predicted molar refractivity (Wildman–Crippen MR) is 73.1 cm³/mol. The van der Waals surface area contributed by atoms with Gasteiger partial charge in [0, 0.05) is 9.31 Å². The van der Waals surface area contributed by atoms with Gasteiger partial charge in [0.15, 0.2) is 0 Å². The van der Waals surface area contributed by atoms with Crippen molar-refractivity contribution in [2.45, 2.75) is 32.0 Å². The van der Waals surface area contributed by atoms with E-state index in [0.717, 1.165) is 10.9 Å². The Bertz CT molecular complexity index is 237. The zero-order valence-electron chi connectivity index (χ0n) is 9.06. The SMILES string of the molecule is C=C(Br)C(C)=CC=CCC(C)C(C)Br. The molecule has 0 fully saturated rings. The molecule has 0 heterocycles. The van der Waals surface area contributed by atoms with E-state index in [1.807, 2.05) is 6.92 Å². The van der Waals surface area contributed by atoms with E-state index >= 15 is 0 Å². The summed E-state index contributed by atoms with van der Waals surface area (Å²) in [6.07, 6.45) is 7.46. The summed E-state index contributed by atoms with van der Waals surface area (Å²) < 4.78 is 0.948. The maximum atomic E-state index is 3.80. The van der Waals surface area contributed by atoms with Crippen molar-refractivity contribution in [3.63, 3.8) is 0 Å². The third kappa shape index (κ3) is 6.61. The predicted octanol–water partition coefficient (Wildman–Crippen LogP) is 5.21. The van der Waals surface area contributed by atoms with Crippen molar-refractivity contribution in [3.8, 4) is 0 Å². The van der Waals surface area contributed by atoms with Crippen LogP contribution in [0, 0.1) is 5.92 Å². The van der Waals surface area contributed by atoms with Crippen LogP contribution in [0.4, 0.5) is 0 Å². The van der Waals surface area contributed by atoms with E-state index < -0.39 is 0 Å². The maximum absolute atomic E-state index is 3.80. The lowest BCUT2D eigenvalue weighted by Crippen LogP contribution is -2.04. The molecule has 0 aromatic heterocycles. The Morgan fingerprint density at radius 2 is 2.00 bits per heavy atom. The number of hydrogen-bond donors (Lipinski definition) is 0. The number of rotatable bonds is 5. The summed E-state index contributed by atoms with van der Waals surface area (Å²) in [6.45, 7) is 10.3. The van der Waals surface area contributed by atoms with Crippen LogP contribution in [0.15, 0.2) is 34.9 Å². The van der Waals surface area contributed by atoms with Gasteiger partial charge in [-0.2, -0.15) is 0 Å². The minimum atomic E-state index is 0.573. The molecule has 0 saturated carbocycles. The monoisotopic (exact) mass is 320 g/mol. The molecule has 80 valence electrons. The molecule has 0 spiro atoms. The highest BCUT2D eigenvalue weighted by molar-refractivity contribution is 9.12. The Kier molecular flexibility index (Phi) is 7.56. The van der Waals surface area contributed by atoms with Crippen LogP contribution in [0.5, 0.6) is 0 Å². The van der Waals surface area contributed by atoms with Crippen LogP contribution in [0.3, 0.4) is 0 Å². The van der Waals surface area contributed by atoms with Crippen LogP contribution in [-0.4, -0.2) is 4.83 Å². The molecule has 0 aliphatic carbocycles. The molecule has 0 radical (unpaired) electrons. The second kappa shape index (κ2) is 7.47. The molecule has 0 amide bonds. The Labute approximate surface area is 104 Å². The maximum Gasteiger partial charge on any atom is 0.0146 e. The molecule has 0 saturated heterocycles. The van der Waals surface area contributed by atoms with E-state index in [9.17, 15) is 0 Å². The van der Waals surface area contributed by atoms with Crippen LogP contribution in [0.2, 0.25) is 0 Å². The number of halogens is 2. The quantitative estimate of drug-likeness (QED) is 0.482. The zero-order valence-corrected chi connectivity index (χ0v) is 12.2.